The minimum atomic E-state index is -0.551. The monoisotopic (exact) mass is 191 g/mol. The molecule has 3 nitrogen and oxygen atoms in total. The highest BCUT2D eigenvalue weighted by Crippen LogP contribution is 2.14. The van der Waals surface area contributed by atoms with Crippen molar-refractivity contribution in [3.05, 3.63) is 10.7 Å². The van der Waals surface area contributed by atoms with Crippen LogP contribution in [0.3, 0.4) is 0 Å². The summed E-state index contributed by atoms with van der Waals surface area (Å²) < 4.78 is 4.67. The van der Waals surface area contributed by atoms with E-state index < -0.39 is 5.97 Å². The van der Waals surface area contributed by atoms with Crippen LogP contribution in [0, 0.1) is 5.92 Å². The topological polar surface area (TPSA) is 52.3 Å². The lowest BCUT2D eigenvalue weighted by molar-refractivity contribution is -0.137. The summed E-state index contributed by atoms with van der Waals surface area (Å²) in [5.41, 5.74) is 5.91. The average molecular weight is 192 g/mol. The first kappa shape index (κ1) is 11.3. The number of ether oxygens (including phenoxy) is 1. The smallest absolute Gasteiger partial charge is 0.351 e. The molecule has 0 radical (unpaired) electrons. The van der Waals surface area contributed by atoms with Gasteiger partial charge >= 0.3 is 5.97 Å². The second-order valence-corrected chi connectivity index (χ2v) is 3.02. The lowest BCUT2D eigenvalue weighted by atomic mass is 10.1. The van der Waals surface area contributed by atoms with Crippen molar-refractivity contribution in [2.24, 2.45) is 11.7 Å². The van der Waals surface area contributed by atoms with Crippen LogP contribution in [0.4, 0.5) is 0 Å². The van der Waals surface area contributed by atoms with Crippen LogP contribution >= 0.6 is 11.6 Å². The minimum Gasteiger partial charge on any atom is -0.462 e. The fourth-order valence-electron chi connectivity index (χ4n) is 0.566. The van der Waals surface area contributed by atoms with Crippen molar-refractivity contribution >= 4 is 17.6 Å². The van der Waals surface area contributed by atoms with Crippen molar-refractivity contribution in [3.8, 4) is 0 Å². The van der Waals surface area contributed by atoms with E-state index in [9.17, 15) is 4.79 Å². The van der Waals surface area contributed by atoms with Gasteiger partial charge in [0.1, 0.15) is 5.03 Å². The molecule has 0 rings (SSSR count). The summed E-state index contributed by atoms with van der Waals surface area (Å²) in [6, 6.07) is 0. The lowest BCUT2D eigenvalue weighted by Crippen LogP contribution is -2.14. The normalized spacial score (nSPS) is 12.8. The lowest BCUT2D eigenvalue weighted by Gasteiger charge is -2.07. The molecule has 12 heavy (non-hydrogen) atoms. The second-order valence-electron chi connectivity index (χ2n) is 2.64. The van der Waals surface area contributed by atoms with Crippen LogP contribution in [-0.4, -0.2) is 12.6 Å². The van der Waals surface area contributed by atoms with Crippen LogP contribution in [0.5, 0.6) is 0 Å². The van der Waals surface area contributed by atoms with Crippen LogP contribution < -0.4 is 5.73 Å². The summed E-state index contributed by atoms with van der Waals surface area (Å²) in [6.07, 6.45) is 0. The average Bonchev–Trinajstić information content (AvgIpc) is 2.02. The van der Waals surface area contributed by atoms with Gasteiger partial charge in [-0.25, -0.2) is 4.79 Å². The van der Waals surface area contributed by atoms with Crippen molar-refractivity contribution in [2.75, 3.05) is 6.61 Å². The SMILES string of the molecule is CCOC(=O)C(Cl)=C(N)C(C)C. The molecule has 70 valence electrons. The Kier molecular flexibility index (Phi) is 4.74. The van der Waals surface area contributed by atoms with E-state index in [1.165, 1.54) is 0 Å². The van der Waals surface area contributed by atoms with Gasteiger partial charge in [0, 0.05) is 5.70 Å². The number of rotatable bonds is 3. The molecule has 2 N–H and O–H groups in total. The van der Waals surface area contributed by atoms with Crippen LogP contribution in [0.1, 0.15) is 20.8 Å². The van der Waals surface area contributed by atoms with E-state index in [1.54, 1.807) is 6.92 Å². The molecule has 0 saturated carbocycles. The Morgan fingerprint density at radius 1 is 1.58 bits per heavy atom. The van der Waals surface area contributed by atoms with E-state index in [0.717, 1.165) is 0 Å². The van der Waals surface area contributed by atoms with Crippen LogP contribution in [0.25, 0.3) is 0 Å². The summed E-state index contributed by atoms with van der Waals surface area (Å²) in [5.74, 6) is -0.493. The molecule has 0 atom stereocenters. The Balaban J connectivity index is 4.43. The number of allylic oxidation sites excluding steroid dienone is 1. The molecule has 0 heterocycles. The molecule has 0 saturated heterocycles. The van der Waals surface area contributed by atoms with Crippen molar-refractivity contribution in [1.82, 2.24) is 0 Å². The van der Waals surface area contributed by atoms with Crippen LogP contribution in [-0.2, 0) is 9.53 Å². The van der Waals surface area contributed by atoms with Crippen molar-refractivity contribution < 1.29 is 9.53 Å². The Morgan fingerprint density at radius 2 is 2.08 bits per heavy atom. The van der Waals surface area contributed by atoms with Gasteiger partial charge in [-0.3, -0.25) is 0 Å². The molecular formula is C8H14ClNO2. The molecule has 0 aromatic carbocycles. The summed E-state index contributed by atoms with van der Waals surface area (Å²) in [5, 5.41) is -0.00755. The molecule has 0 aliphatic heterocycles. The summed E-state index contributed by atoms with van der Waals surface area (Å²) >= 11 is 5.64. The predicted molar refractivity (Wildman–Crippen MR) is 48.5 cm³/mol. The van der Waals surface area contributed by atoms with Gasteiger partial charge in [0.05, 0.1) is 6.61 Å². The highest BCUT2D eigenvalue weighted by molar-refractivity contribution is 6.41. The summed E-state index contributed by atoms with van der Waals surface area (Å²) in [6.45, 7) is 5.74. The van der Waals surface area contributed by atoms with E-state index in [0.29, 0.717) is 12.3 Å². The van der Waals surface area contributed by atoms with E-state index >= 15 is 0 Å². The maximum absolute atomic E-state index is 11.0. The highest BCUT2D eigenvalue weighted by Gasteiger charge is 2.13. The molecule has 0 aliphatic carbocycles. The number of carbonyl (C=O) groups excluding carboxylic acids is 1. The Morgan fingerprint density at radius 3 is 2.42 bits per heavy atom. The van der Waals surface area contributed by atoms with Gasteiger partial charge < -0.3 is 10.5 Å². The van der Waals surface area contributed by atoms with E-state index in [4.69, 9.17) is 17.3 Å². The molecule has 0 aromatic heterocycles. The van der Waals surface area contributed by atoms with Crippen molar-refractivity contribution in [3.63, 3.8) is 0 Å². The maximum atomic E-state index is 11.0. The molecule has 0 aliphatic rings. The molecule has 0 amide bonds. The number of halogens is 1. The zero-order valence-corrected chi connectivity index (χ0v) is 8.31. The van der Waals surface area contributed by atoms with Gasteiger partial charge in [-0.15, -0.1) is 0 Å². The third-order valence-corrected chi connectivity index (χ3v) is 1.70. The molecular weight excluding hydrogens is 178 g/mol. The maximum Gasteiger partial charge on any atom is 0.351 e. The standard InChI is InChI=1S/C8H14ClNO2/c1-4-12-8(11)6(9)7(10)5(2)3/h5H,4,10H2,1-3H3. The molecule has 4 heteroatoms. The quantitative estimate of drug-likeness (QED) is 0.545. The van der Waals surface area contributed by atoms with Gasteiger partial charge in [-0.1, -0.05) is 25.4 Å². The molecule has 0 bridgehead atoms. The van der Waals surface area contributed by atoms with Crippen molar-refractivity contribution in [1.29, 1.82) is 0 Å². The van der Waals surface area contributed by atoms with Gasteiger partial charge in [0.2, 0.25) is 0 Å². The Bertz CT molecular complexity index is 199. The third-order valence-electron chi connectivity index (χ3n) is 1.33. The number of carbonyl (C=O) groups is 1. The highest BCUT2D eigenvalue weighted by atomic mass is 35.5. The predicted octanol–water partition coefficient (Wildman–Crippen LogP) is 1.61. The molecule has 0 unspecified atom stereocenters. The Hall–Kier alpha value is -0.700. The number of hydrogen-bond donors (Lipinski definition) is 1. The molecule has 0 spiro atoms. The minimum absolute atomic E-state index is 0.00755. The zero-order valence-electron chi connectivity index (χ0n) is 7.56. The third kappa shape index (κ3) is 3.13. The fraction of sp³-hybridized carbons (Fsp3) is 0.625. The van der Waals surface area contributed by atoms with E-state index in [1.807, 2.05) is 13.8 Å². The van der Waals surface area contributed by atoms with E-state index in [-0.39, 0.29) is 11.0 Å². The van der Waals surface area contributed by atoms with Gasteiger partial charge in [0.25, 0.3) is 0 Å². The summed E-state index contributed by atoms with van der Waals surface area (Å²) in [7, 11) is 0. The second kappa shape index (κ2) is 5.04. The van der Waals surface area contributed by atoms with Gasteiger partial charge in [0.15, 0.2) is 0 Å². The number of esters is 1. The van der Waals surface area contributed by atoms with Crippen LogP contribution in [0.2, 0.25) is 0 Å². The summed E-state index contributed by atoms with van der Waals surface area (Å²) in [4.78, 5) is 11.0. The Labute approximate surface area is 77.5 Å². The largest absolute Gasteiger partial charge is 0.462 e. The first-order chi connectivity index (χ1) is 5.50. The van der Waals surface area contributed by atoms with Crippen LogP contribution in [0.15, 0.2) is 10.7 Å². The van der Waals surface area contributed by atoms with Gasteiger partial charge in [-0.05, 0) is 12.8 Å². The van der Waals surface area contributed by atoms with Crippen molar-refractivity contribution in [2.45, 2.75) is 20.8 Å². The first-order valence-corrected chi connectivity index (χ1v) is 4.20. The van der Waals surface area contributed by atoms with E-state index in [2.05, 4.69) is 4.74 Å². The fourth-order valence-corrected chi connectivity index (χ4v) is 0.839. The molecule has 0 aromatic rings. The molecule has 0 fully saturated rings. The zero-order chi connectivity index (χ0) is 9.72. The van der Waals surface area contributed by atoms with Gasteiger partial charge in [-0.2, -0.15) is 0 Å². The number of hydrogen-bond acceptors (Lipinski definition) is 3. The number of nitrogens with two attached hydrogens (primary N) is 1. The first-order valence-electron chi connectivity index (χ1n) is 3.83.